The standard InChI is InChI=1S/C18H22F3NO7S/c1-17(2,3)28-16(24)22-10-12(9-14(22)15(23)27-4)29-30(25,26)13-7-5-11(6-8-13)18(19,20)21/h5-8,12,14H,9-10H2,1-4H3/t12-,14-/m0/s1. The van der Waals surface area contributed by atoms with Gasteiger partial charge in [0.15, 0.2) is 0 Å². The van der Waals surface area contributed by atoms with Gasteiger partial charge >= 0.3 is 18.2 Å². The first-order chi connectivity index (χ1) is 13.6. The van der Waals surface area contributed by atoms with Crippen LogP contribution in [-0.4, -0.2) is 56.8 Å². The highest BCUT2D eigenvalue weighted by atomic mass is 32.2. The number of rotatable bonds is 4. The Labute approximate surface area is 172 Å². The summed E-state index contributed by atoms with van der Waals surface area (Å²) >= 11 is 0. The van der Waals surface area contributed by atoms with Crippen LogP contribution in [0.4, 0.5) is 18.0 Å². The van der Waals surface area contributed by atoms with E-state index in [2.05, 4.69) is 4.74 Å². The van der Waals surface area contributed by atoms with E-state index in [0.29, 0.717) is 12.1 Å². The molecule has 0 unspecified atom stereocenters. The number of carbonyl (C=O) groups excluding carboxylic acids is 2. The molecule has 0 N–H and O–H groups in total. The highest BCUT2D eigenvalue weighted by Gasteiger charge is 2.44. The topological polar surface area (TPSA) is 99.2 Å². The van der Waals surface area contributed by atoms with Crippen LogP contribution in [0.1, 0.15) is 32.8 Å². The third kappa shape index (κ3) is 5.85. The fraction of sp³-hybridized carbons (Fsp3) is 0.556. The van der Waals surface area contributed by atoms with Gasteiger partial charge in [-0.05, 0) is 45.0 Å². The van der Waals surface area contributed by atoms with Gasteiger partial charge in [-0.15, -0.1) is 0 Å². The summed E-state index contributed by atoms with van der Waals surface area (Å²) in [4.78, 5) is 24.9. The van der Waals surface area contributed by atoms with Crippen LogP contribution in [0, 0.1) is 0 Å². The first kappa shape index (κ1) is 23.9. The lowest BCUT2D eigenvalue weighted by Gasteiger charge is -2.27. The number of carbonyl (C=O) groups is 2. The fourth-order valence-electron chi connectivity index (χ4n) is 2.79. The second kappa shape index (κ2) is 8.42. The van der Waals surface area contributed by atoms with E-state index in [-0.39, 0.29) is 13.0 Å². The Balaban J connectivity index is 2.19. The smallest absolute Gasteiger partial charge is 0.416 e. The fourth-order valence-corrected chi connectivity index (χ4v) is 3.87. The molecule has 168 valence electrons. The van der Waals surface area contributed by atoms with Crippen molar-refractivity contribution >= 4 is 22.2 Å². The van der Waals surface area contributed by atoms with E-state index in [9.17, 15) is 31.2 Å². The number of benzene rings is 1. The lowest BCUT2D eigenvalue weighted by Crippen LogP contribution is -2.44. The first-order valence-electron chi connectivity index (χ1n) is 8.82. The molecule has 0 aliphatic carbocycles. The summed E-state index contributed by atoms with van der Waals surface area (Å²) in [5.74, 6) is -0.779. The monoisotopic (exact) mass is 453 g/mol. The molecule has 0 saturated carbocycles. The Kier molecular flexibility index (Phi) is 6.72. The molecule has 1 saturated heterocycles. The predicted molar refractivity (Wildman–Crippen MR) is 96.9 cm³/mol. The minimum Gasteiger partial charge on any atom is -0.467 e. The summed E-state index contributed by atoms with van der Waals surface area (Å²) in [6.07, 6.45) is -6.77. The number of methoxy groups -OCH3 is 1. The first-order valence-corrected chi connectivity index (χ1v) is 10.2. The van der Waals surface area contributed by atoms with Crippen LogP contribution >= 0.6 is 0 Å². The Bertz CT molecular complexity index is 892. The van der Waals surface area contributed by atoms with E-state index in [1.165, 1.54) is 0 Å². The van der Waals surface area contributed by atoms with E-state index in [0.717, 1.165) is 24.1 Å². The largest absolute Gasteiger partial charge is 0.467 e. The Hall–Kier alpha value is -2.34. The molecule has 1 aliphatic heterocycles. The number of esters is 1. The van der Waals surface area contributed by atoms with Gasteiger partial charge in [0.1, 0.15) is 11.6 Å². The average Bonchev–Trinajstić information content (AvgIpc) is 3.02. The van der Waals surface area contributed by atoms with Gasteiger partial charge in [0, 0.05) is 6.42 Å². The normalized spacial score (nSPS) is 20.2. The molecule has 30 heavy (non-hydrogen) atoms. The predicted octanol–water partition coefficient (Wildman–Crippen LogP) is 2.96. The molecule has 0 aromatic heterocycles. The maximum atomic E-state index is 12.7. The van der Waals surface area contributed by atoms with Gasteiger partial charge in [-0.1, -0.05) is 0 Å². The molecule has 8 nitrogen and oxygen atoms in total. The number of ether oxygens (including phenoxy) is 2. The molecule has 1 aromatic carbocycles. The zero-order valence-electron chi connectivity index (χ0n) is 16.7. The maximum absolute atomic E-state index is 12.7. The van der Waals surface area contributed by atoms with Crippen LogP contribution in [0.15, 0.2) is 29.2 Å². The van der Waals surface area contributed by atoms with Crippen LogP contribution in [0.3, 0.4) is 0 Å². The summed E-state index contributed by atoms with van der Waals surface area (Å²) in [5, 5.41) is 0. The molecule has 1 aliphatic rings. The number of amides is 1. The number of hydrogen-bond acceptors (Lipinski definition) is 7. The van der Waals surface area contributed by atoms with Crippen LogP contribution in [0.25, 0.3) is 0 Å². The van der Waals surface area contributed by atoms with Crippen molar-refractivity contribution in [1.29, 1.82) is 0 Å². The van der Waals surface area contributed by atoms with Gasteiger partial charge in [0.2, 0.25) is 0 Å². The number of nitrogens with zero attached hydrogens (tertiary/aromatic N) is 1. The van der Waals surface area contributed by atoms with Crippen molar-refractivity contribution in [2.75, 3.05) is 13.7 Å². The lowest BCUT2D eigenvalue weighted by atomic mass is 10.2. The third-order valence-electron chi connectivity index (χ3n) is 4.10. The van der Waals surface area contributed by atoms with Crippen molar-refractivity contribution in [2.45, 2.75) is 56.0 Å². The molecule has 12 heteroatoms. The van der Waals surface area contributed by atoms with Crippen molar-refractivity contribution in [3.8, 4) is 0 Å². The van der Waals surface area contributed by atoms with Crippen LogP contribution < -0.4 is 0 Å². The van der Waals surface area contributed by atoms with Gasteiger partial charge in [-0.3, -0.25) is 9.08 Å². The molecule has 2 atom stereocenters. The van der Waals surface area contributed by atoms with E-state index >= 15 is 0 Å². The zero-order valence-corrected chi connectivity index (χ0v) is 17.5. The van der Waals surface area contributed by atoms with Crippen LogP contribution in [-0.2, 0) is 34.7 Å². The van der Waals surface area contributed by atoms with E-state index in [1.807, 2.05) is 0 Å². The van der Waals surface area contributed by atoms with Crippen molar-refractivity contribution in [3.05, 3.63) is 29.8 Å². The molecule has 0 spiro atoms. The molecule has 2 rings (SSSR count). The minimum atomic E-state index is -4.61. The van der Waals surface area contributed by atoms with Crippen LogP contribution in [0.5, 0.6) is 0 Å². The van der Waals surface area contributed by atoms with Gasteiger partial charge < -0.3 is 9.47 Å². The highest BCUT2D eigenvalue weighted by Crippen LogP contribution is 2.31. The molecular formula is C18H22F3NO7S. The van der Waals surface area contributed by atoms with Crippen molar-refractivity contribution in [2.24, 2.45) is 0 Å². The summed E-state index contributed by atoms with van der Waals surface area (Å²) in [6, 6.07) is 1.66. The Morgan fingerprint density at radius 2 is 1.67 bits per heavy atom. The van der Waals surface area contributed by atoms with Crippen LogP contribution in [0.2, 0.25) is 0 Å². The number of halogens is 3. The quantitative estimate of drug-likeness (QED) is 0.511. The van der Waals surface area contributed by atoms with Gasteiger partial charge in [-0.25, -0.2) is 9.59 Å². The molecule has 0 bridgehead atoms. The zero-order chi connectivity index (χ0) is 22.9. The SMILES string of the molecule is COC(=O)[C@@H]1C[C@H](OS(=O)(=O)c2ccc(C(F)(F)F)cc2)CN1C(=O)OC(C)(C)C. The lowest BCUT2D eigenvalue weighted by molar-refractivity contribution is -0.145. The summed E-state index contributed by atoms with van der Waals surface area (Å²) in [6.45, 7) is 4.58. The van der Waals surface area contributed by atoms with Gasteiger partial charge in [0.05, 0.1) is 30.2 Å². The molecule has 1 amide bonds. The third-order valence-corrected chi connectivity index (χ3v) is 5.47. The van der Waals surface area contributed by atoms with Crippen molar-refractivity contribution in [3.63, 3.8) is 0 Å². The maximum Gasteiger partial charge on any atom is 0.416 e. The average molecular weight is 453 g/mol. The number of likely N-dealkylation sites (tertiary alicyclic amines) is 1. The number of hydrogen-bond donors (Lipinski definition) is 0. The Morgan fingerprint density at radius 3 is 2.13 bits per heavy atom. The number of alkyl halides is 3. The van der Waals surface area contributed by atoms with E-state index in [1.54, 1.807) is 20.8 Å². The van der Waals surface area contributed by atoms with Gasteiger partial charge in [-0.2, -0.15) is 21.6 Å². The highest BCUT2D eigenvalue weighted by molar-refractivity contribution is 7.86. The molecule has 1 aromatic rings. The van der Waals surface area contributed by atoms with E-state index in [4.69, 9.17) is 8.92 Å². The summed E-state index contributed by atoms with van der Waals surface area (Å²) in [7, 11) is -3.33. The van der Waals surface area contributed by atoms with Crippen molar-refractivity contribution < 1.29 is 44.8 Å². The molecule has 1 heterocycles. The second-order valence-electron chi connectivity index (χ2n) is 7.60. The van der Waals surface area contributed by atoms with Gasteiger partial charge in [0.25, 0.3) is 10.1 Å². The molecular weight excluding hydrogens is 431 g/mol. The summed E-state index contributed by atoms with van der Waals surface area (Å²) < 4.78 is 77.8. The van der Waals surface area contributed by atoms with Crippen molar-refractivity contribution in [1.82, 2.24) is 4.90 Å². The second-order valence-corrected chi connectivity index (χ2v) is 9.17. The molecule has 0 radical (unpaired) electrons. The van der Waals surface area contributed by atoms with E-state index < -0.39 is 56.6 Å². The molecule has 1 fully saturated rings. The Morgan fingerprint density at radius 1 is 1.10 bits per heavy atom. The summed E-state index contributed by atoms with van der Waals surface area (Å²) in [5.41, 5.74) is -1.87. The minimum absolute atomic E-state index is 0.189.